The Hall–Kier alpha value is -0.690. The summed E-state index contributed by atoms with van der Waals surface area (Å²) < 4.78 is 10.5. The number of piperidine rings is 1. The van der Waals surface area contributed by atoms with E-state index in [9.17, 15) is 5.11 Å². The second-order valence-electron chi connectivity index (χ2n) is 4.40. The molecule has 1 aliphatic heterocycles. The molecule has 5 nitrogen and oxygen atoms in total. The first kappa shape index (κ1) is 13.7. The first-order valence-electron chi connectivity index (χ1n) is 6.14. The molecule has 1 aromatic rings. The number of hydrogen-bond acceptors (Lipinski definition) is 6. The third-order valence-electron chi connectivity index (χ3n) is 3.17. The zero-order chi connectivity index (χ0) is 13.0. The van der Waals surface area contributed by atoms with Gasteiger partial charge in [0.25, 0.3) is 0 Å². The normalized spacial score (nSPS) is 20.4. The van der Waals surface area contributed by atoms with Gasteiger partial charge in [-0.1, -0.05) is 11.3 Å². The zero-order valence-corrected chi connectivity index (χ0v) is 11.7. The van der Waals surface area contributed by atoms with E-state index in [1.54, 1.807) is 25.6 Å². The topological polar surface area (TPSA) is 54.8 Å². The van der Waals surface area contributed by atoms with Gasteiger partial charge in [0.1, 0.15) is 0 Å². The smallest absolute Gasteiger partial charge is 0.186 e. The summed E-state index contributed by atoms with van der Waals surface area (Å²) in [5, 5.41) is 10.3. The van der Waals surface area contributed by atoms with Crippen molar-refractivity contribution in [3.8, 4) is 0 Å². The fraction of sp³-hybridized carbons (Fsp3) is 0.750. The van der Waals surface area contributed by atoms with E-state index in [0.29, 0.717) is 6.61 Å². The van der Waals surface area contributed by atoms with E-state index in [4.69, 9.17) is 9.47 Å². The quantitative estimate of drug-likeness (QED) is 0.878. The summed E-state index contributed by atoms with van der Waals surface area (Å²) in [5.74, 6) is 0. The number of anilines is 1. The minimum absolute atomic E-state index is 0.0257. The van der Waals surface area contributed by atoms with E-state index in [1.807, 2.05) is 0 Å². The van der Waals surface area contributed by atoms with Gasteiger partial charge in [-0.05, 0) is 12.8 Å². The molecule has 1 aromatic heterocycles. The standard InChI is InChI=1S/C12H20N2O3S/c1-16-8-10-11(7-15)18-12(13-10)14-5-3-4-9(6-14)17-2/h9,15H,3-8H2,1-2H3. The molecule has 0 radical (unpaired) electrons. The van der Waals surface area contributed by atoms with Crippen molar-refractivity contribution in [2.45, 2.75) is 32.2 Å². The second-order valence-corrected chi connectivity index (χ2v) is 5.47. The Bertz CT molecular complexity index is 383. The summed E-state index contributed by atoms with van der Waals surface area (Å²) in [6, 6.07) is 0. The lowest BCUT2D eigenvalue weighted by atomic mass is 10.1. The number of aliphatic hydroxyl groups excluding tert-OH is 1. The van der Waals surface area contributed by atoms with E-state index in [2.05, 4.69) is 9.88 Å². The molecule has 6 heteroatoms. The molecule has 1 unspecified atom stereocenters. The molecule has 2 heterocycles. The van der Waals surface area contributed by atoms with Gasteiger partial charge in [0.15, 0.2) is 5.13 Å². The maximum absolute atomic E-state index is 9.33. The summed E-state index contributed by atoms with van der Waals surface area (Å²) in [6.07, 6.45) is 2.51. The summed E-state index contributed by atoms with van der Waals surface area (Å²) in [5.41, 5.74) is 0.847. The minimum atomic E-state index is 0.0257. The van der Waals surface area contributed by atoms with Crippen LogP contribution in [0.5, 0.6) is 0 Å². The molecule has 0 saturated carbocycles. The highest BCUT2D eigenvalue weighted by Crippen LogP contribution is 2.29. The maximum atomic E-state index is 9.33. The summed E-state index contributed by atoms with van der Waals surface area (Å²) in [4.78, 5) is 7.70. The Kier molecular flexibility index (Phi) is 4.94. The summed E-state index contributed by atoms with van der Waals surface area (Å²) in [7, 11) is 3.40. The van der Waals surface area contributed by atoms with E-state index in [1.165, 1.54) is 0 Å². The highest BCUT2D eigenvalue weighted by atomic mass is 32.1. The monoisotopic (exact) mass is 272 g/mol. The molecule has 2 rings (SSSR count). The van der Waals surface area contributed by atoms with Crippen LogP contribution < -0.4 is 4.90 Å². The first-order valence-corrected chi connectivity index (χ1v) is 6.96. The van der Waals surface area contributed by atoms with E-state index >= 15 is 0 Å². The number of ether oxygens (including phenoxy) is 2. The van der Waals surface area contributed by atoms with Crippen molar-refractivity contribution in [3.63, 3.8) is 0 Å². The lowest BCUT2D eigenvalue weighted by Gasteiger charge is -2.31. The van der Waals surface area contributed by atoms with Gasteiger partial charge in [-0.3, -0.25) is 0 Å². The van der Waals surface area contributed by atoms with Crippen molar-refractivity contribution in [1.29, 1.82) is 0 Å². The Labute approximate surface area is 111 Å². The van der Waals surface area contributed by atoms with Crippen molar-refractivity contribution in [1.82, 2.24) is 4.98 Å². The number of hydrogen-bond donors (Lipinski definition) is 1. The van der Waals surface area contributed by atoms with Gasteiger partial charge in [-0.25, -0.2) is 4.98 Å². The van der Waals surface area contributed by atoms with Gasteiger partial charge in [-0.15, -0.1) is 0 Å². The van der Waals surface area contributed by atoms with Crippen LogP contribution in [0.1, 0.15) is 23.4 Å². The van der Waals surface area contributed by atoms with E-state index in [-0.39, 0.29) is 12.7 Å². The molecule has 0 aliphatic carbocycles. The fourth-order valence-electron chi connectivity index (χ4n) is 2.18. The molecule has 1 aliphatic rings. The Morgan fingerprint density at radius 2 is 2.33 bits per heavy atom. The van der Waals surface area contributed by atoms with Crippen LogP contribution in [0, 0.1) is 0 Å². The van der Waals surface area contributed by atoms with Crippen molar-refractivity contribution in [3.05, 3.63) is 10.6 Å². The fourth-order valence-corrected chi connectivity index (χ4v) is 3.14. The number of aliphatic hydroxyl groups is 1. The average Bonchev–Trinajstić information content (AvgIpc) is 2.82. The molecule has 18 heavy (non-hydrogen) atoms. The number of aromatic nitrogens is 1. The Morgan fingerprint density at radius 3 is 3.00 bits per heavy atom. The Balaban J connectivity index is 2.12. The first-order chi connectivity index (χ1) is 8.78. The highest BCUT2D eigenvalue weighted by molar-refractivity contribution is 7.15. The van der Waals surface area contributed by atoms with Crippen LogP contribution in [0.25, 0.3) is 0 Å². The SMILES string of the molecule is COCc1nc(N2CCCC(OC)C2)sc1CO. The molecule has 1 fully saturated rings. The number of nitrogens with zero attached hydrogens (tertiary/aromatic N) is 2. The number of thiazole rings is 1. The van der Waals surface area contributed by atoms with Crippen LogP contribution in [0.4, 0.5) is 5.13 Å². The van der Waals surface area contributed by atoms with Gasteiger partial charge in [0.05, 0.1) is 29.9 Å². The van der Waals surface area contributed by atoms with Gasteiger partial charge < -0.3 is 19.5 Å². The van der Waals surface area contributed by atoms with Crippen LogP contribution in [-0.2, 0) is 22.7 Å². The molecule has 102 valence electrons. The lowest BCUT2D eigenvalue weighted by molar-refractivity contribution is 0.0893. The van der Waals surface area contributed by atoms with Crippen LogP contribution >= 0.6 is 11.3 Å². The largest absolute Gasteiger partial charge is 0.391 e. The zero-order valence-electron chi connectivity index (χ0n) is 10.9. The third-order valence-corrected chi connectivity index (χ3v) is 4.32. The maximum Gasteiger partial charge on any atom is 0.186 e. The third kappa shape index (κ3) is 3.00. The van der Waals surface area contributed by atoms with Crippen molar-refractivity contribution >= 4 is 16.5 Å². The van der Waals surface area contributed by atoms with Gasteiger partial charge in [-0.2, -0.15) is 0 Å². The molecule has 0 aromatic carbocycles. The van der Waals surface area contributed by atoms with Crippen molar-refractivity contribution < 1.29 is 14.6 Å². The van der Waals surface area contributed by atoms with Crippen molar-refractivity contribution in [2.24, 2.45) is 0 Å². The number of methoxy groups -OCH3 is 2. The number of rotatable bonds is 5. The molecule has 0 bridgehead atoms. The molecule has 0 spiro atoms. The van der Waals surface area contributed by atoms with Crippen LogP contribution in [0.2, 0.25) is 0 Å². The Morgan fingerprint density at radius 1 is 1.50 bits per heavy atom. The summed E-state index contributed by atoms with van der Waals surface area (Å²) in [6.45, 7) is 2.36. The molecular weight excluding hydrogens is 252 g/mol. The minimum Gasteiger partial charge on any atom is -0.391 e. The molecular formula is C12H20N2O3S. The predicted octanol–water partition coefficient (Wildman–Crippen LogP) is 1.40. The van der Waals surface area contributed by atoms with Gasteiger partial charge in [0, 0.05) is 27.3 Å². The second kappa shape index (κ2) is 6.47. The van der Waals surface area contributed by atoms with Gasteiger partial charge >= 0.3 is 0 Å². The molecule has 1 N–H and O–H groups in total. The van der Waals surface area contributed by atoms with Crippen LogP contribution in [-0.4, -0.2) is 43.5 Å². The highest BCUT2D eigenvalue weighted by Gasteiger charge is 2.23. The summed E-state index contributed by atoms with van der Waals surface area (Å²) >= 11 is 1.55. The average molecular weight is 272 g/mol. The molecule has 0 amide bonds. The predicted molar refractivity (Wildman–Crippen MR) is 71.0 cm³/mol. The van der Waals surface area contributed by atoms with Crippen LogP contribution in [0.15, 0.2) is 0 Å². The van der Waals surface area contributed by atoms with Crippen molar-refractivity contribution in [2.75, 3.05) is 32.2 Å². The molecule has 1 saturated heterocycles. The van der Waals surface area contributed by atoms with E-state index in [0.717, 1.165) is 41.6 Å². The molecule has 1 atom stereocenters. The van der Waals surface area contributed by atoms with Gasteiger partial charge in [0.2, 0.25) is 0 Å². The lowest BCUT2D eigenvalue weighted by Crippen LogP contribution is -2.39. The van der Waals surface area contributed by atoms with E-state index < -0.39 is 0 Å². The van der Waals surface area contributed by atoms with Crippen LogP contribution in [0.3, 0.4) is 0 Å².